The molecule has 0 radical (unpaired) electrons. The van der Waals surface area contributed by atoms with Crippen molar-refractivity contribution in [1.82, 2.24) is 5.32 Å². The van der Waals surface area contributed by atoms with Gasteiger partial charge in [0.2, 0.25) is 17.7 Å². The molecule has 13 heteroatoms. The summed E-state index contributed by atoms with van der Waals surface area (Å²) in [6.45, 7) is 1.39. The average Bonchev–Trinajstić information content (AvgIpc) is 3.11. The van der Waals surface area contributed by atoms with Gasteiger partial charge in [0.05, 0.1) is 29.6 Å². The molecule has 0 aromatic heterocycles. The lowest BCUT2D eigenvalue weighted by Gasteiger charge is -2.28. The average molecular weight is 616 g/mol. The molecule has 0 spiro atoms. The number of hydrogen-bond acceptors (Lipinski definition) is 5. The van der Waals surface area contributed by atoms with E-state index in [-0.39, 0.29) is 23.5 Å². The number of benzene rings is 3. The van der Waals surface area contributed by atoms with Gasteiger partial charge < -0.3 is 21.3 Å². The van der Waals surface area contributed by atoms with Crippen molar-refractivity contribution in [2.24, 2.45) is 11.7 Å². The number of primary amides is 1. The second-order valence-corrected chi connectivity index (χ2v) is 10.0. The molecule has 2 atom stereocenters. The maximum atomic E-state index is 13.8. The third-order valence-corrected chi connectivity index (χ3v) is 6.61. The number of aryl methyl sites for hydroxylation is 1. The van der Waals surface area contributed by atoms with Crippen molar-refractivity contribution in [3.8, 4) is 6.07 Å². The maximum absolute atomic E-state index is 13.8. The number of alkyl halides is 5. The van der Waals surface area contributed by atoms with E-state index in [4.69, 9.17) is 5.73 Å². The summed E-state index contributed by atoms with van der Waals surface area (Å²) in [6, 6.07) is 21.2. The second kappa shape index (κ2) is 15.0. The smallest absolute Gasteiger partial charge is 0.370 e. The summed E-state index contributed by atoms with van der Waals surface area (Å²) in [7, 11) is 0. The van der Waals surface area contributed by atoms with Gasteiger partial charge in [0.15, 0.2) is 0 Å². The lowest BCUT2D eigenvalue weighted by Crippen LogP contribution is -2.50. The molecule has 0 bridgehead atoms. The van der Waals surface area contributed by atoms with Gasteiger partial charge in [-0.25, -0.2) is 8.78 Å². The van der Waals surface area contributed by atoms with E-state index in [2.05, 4.69) is 10.6 Å². The molecule has 3 aromatic rings. The van der Waals surface area contributed by atoms with Crippen molar-refractivity contribution >= 4 is 34.8 Å². The van der Waals surface area contributed by atoms with E-state index in [0.717, 1.165) is 6.07 Å². The SMILES string of the molecule is Cc1cc(C#N)cc(N2CC(NC(=O)C(CCC(F)(F)F)CC(N)=O)C(=O)Nc3c(C(F)F)cccc32)c1.c1ccccc1. The van der Waals surface area contributed by atoms with Crippen LogP contribution in [0.2, 0.25) is 0 Å². The van der Waals surface area contributed by atoms with Crippen LogP contribution in [-0.4, -0.2) is 36.5 Å². The molecule has 0 aliphatic carbocycles. The number of amides is 3. The molecule has 2 unspecified atom stereocenters. The molecule has 1 heterocycles. The number of para-hydroxylation sites is 1. The second-order valence-electron chi connectivity index (χ2n) is 10.0. The molecule has 0 fully saturated rings. The van der Waals surface area contributed by atoms with Crippen LogP contribution in [0.4, 0.5) is 39.0 Å². The number of nitriles is 1. The Morgan fingerprint density at radius 3 is 2.27 bits per heavy atom. The third-order valence-electron chi connectivity index (χ3n) is 6.61. The van der Waals surface area contributed by atoms with Crippen LogP contribution >= 0.6 is 0 Å². The molecule has 3 amide bonds. The largest absolute Gasteiger partial charge is 0.389 e. The van der Waals surface area contributed by atoms with Crippen molar-refractivity contribution < 1.29 is 36.3 Å². The number of halogens is 5. The highest BCUT2D eigenvalue weighted by atomic mass is 19.4. The van der Waals surface area contributed by atoms with E-state index in [0.29, 0.717) is 11.3 Å². The number of anilines is 3. The van der Waals surface area contributed by atoms with Gasteiger partial charge in [-0.3, -0.25) is 14.4 Å². The minimum atomic E-state index is -4.59. The first-order chi connectivity index (χ1) is 20.8. The molecular weight excluding hydrogens is 585 g/mol. The van der Waals surface area contributed by atoms with Crippen LogP contribution in [-0.2, 0) is 14.4 Å². The topological polar surface area (TPSA) is 128 Å². The van der Waals surface area contributed by atoms with Gasteiger partial charge in [0.1, 0.15) is 6.04 Å². The Hall–Kier alpha value is -4.99. The monoisotopic (exact) mass is 615 g/mol. The van der Waals surface area contributed by atoms with Crippen LogP contribution < -0.4 is 21.3 Å². The standard InChI is InChI=1S/C25H24F5N5O3.C6H6/c1-13-7-14(11-31)9-16(8-13)35-12-18(24(38)34-21-17(22(26)27)3-2-4-19(21)35)33-23(37)15(10-20(32)36)5-6-25(28,29)30;1-2-4-6-5-3-1/h2-4,7-9,15,18,22H,5-6,10,12H2,1H3,(H2,32,36)(H,33,37)(H,34,38);1-6H. The summed E-state index contributed by atoms with van der Waals surface area (Å²) in [5.41, 5.74) is 5.84. The lowest BCUT2D eigenvalue weighted by atomic mass is 9.97. The predicted octanol–water partition coefficient (Wildman–Crippen LogP) is 5.90. The number of fused-ring (bicyclic) bond motifs is 1. The molecular formula is C31H30F5N5O3. The zero-order chi connectivity index (χ0) is 32.4. The lowest BCUT2D eigenvalue weighted by molar-refractivity contribution is -0.143. The molecule has 3 aromatic carbocycles. The van der Waals surface area contributed by atoms with Gasteiger partial charge >= 0.3 is 6.18 Å². The molecule has 4 N–H and O–H groups in total. The van der Waals surface area contributed by atoms with Gasteiger partial charge in [-0.2, -0.15) is 18.4 Å². The number of hydrogen-bond donors (Lipinski definition) is 3. The molecule has 1 aliphatic heterocycles. The van der Waals surface area contributed by atoms with E-state index in [9.17, 15) is 41.6 Å². The normalized spacial score (nSPS) is 15.1. The Labute approximate surface area is 250 Å². The first kappa shape index (κ1) is 33.5. The number of nitrogens with one attached hydrogen (secondary N) is 2. The highest BCUT2D eigenvalue weighted by Gasteiger charge is 2.36. The molecule has 0 saturated carbocycles. The van der Waals surface area contributed by atoms with Crippen LogP contribution in [0, 0.1) is 24.2 Å². The first-order valence-electron chi connectivity index (χ1n) is 13.5. The first-order valence-corrected chi connectivity index (χ1v) is 13.5. The van der Waals surface area contributed by atoms with Crippen molar-refractivity contribution in [2.75, 3.05) is 16.8 Å². The molecule has 44 heavy (non-hydrogen) atoms. The van der Waals surface area contributed by atoms with E-state index in [1.807, 2.05) is 42.5 Å². The van der Waals surface area contributed by atoms with Crippen molar-refractivity contribution in [3.63, 3.8) is 0 Å². The Balaban J connectivity index is 0.000000785. The fraction of sp³-hybridized carbons (Fsp3) is 0.290. The van der Waals surface area contributed by atoms with Crippen LogP contribution in [0.3, 0.4) is 0 Å². The zero-order valence-electron chi connectivity index (χ0n) is 23.6. The summed E-state index contributed by atoms with van der Waals surface area (Å²) < 4.78 is 66.0. The molecule has 0 saturated heterocycles. The third kappa shape index (κ3) is 9.52. The van der Waals surface area contributed by atoms with Gasteiger partial charge in [0.25, 0.3) is 6.43 Å². The van der Waals surface area contributed by atoms with Crippen LogP contribution in [0.25, 0.3) is 0 Å². The van der Waals surface area contributed by atoms with Gasteiger partial charge in [0, 0.05) is 30.0 Å². The summed E-state index contributed by atoms with van der Waals surface area (Å²) in [5.74, 6) is -4.38. The van der Waals surface area contributed by atoms with Crippen molar-refractivity contribution in [3.05, 3.63) is 89.5 Å². The van der Waals surface area contributed by atoms with Gasteiger partial charge in [-0.1, -0.05) is 48.5 Å². The number of carbonyl (C=O) groups excluding carboxylic acids is 3. The minimum Gasteiger partial charge on any atom is -0.370 e. The van der Waals surface area contributed by atoms with Gasteiger partial charge in [-0.15, -0.1) is 0 Å². The summed E-state index contributed by atoms with van der Waals surface area (Å²) >= 11 is 0. The fourth-order valence-corrected chi connectivity index (χ4v) is 4.59. The summed E-state index contributed by atoms with van der Waals surface area (Å²) in [6.07, 6.45) is -10.3. The predicted molar refractivity (Wildman–Crippen MR) is 154 cm³/mol. The highest BCUT2D eigenvalue weighted by Crippen LogP contribution is 2.40. The van der Waals surface area contributed by atoms with Crippen molar-refractivity contribution in [2.45, 2.75) is 44.8 Å². The Morgan fingerprint density at radius 2 is 1.73 bits per heavy atom. The van der Waals surface area contributed by atoms with Gasteiger partial charge in [-0.05, 0) is 43.2 Å². The van der Waals surface area contributed by atoms with Crippen LogP contribution in [0.1, 0.15) is 42.4 Å². The number of carbonyl (C=O) groups is 3. The quantitative estimate of drug-likeness (QED) is 0.272. The number of nitrogens with zero attached hydrogens (tertiary/aromatic N) is 2. The highest BCUT2D eigenvalue weighted by molar-refractivity contribution is 6.03. The van der Waals surface area contributed by atoms with Crippen molar-refractivity contribution in [1.29, 1.82) is 5.26 Å². The molecule has 8 nitrogen and oxygen atoms in total. The number of nitrogens with two attached hydrogens (primary N) is 1. The summed E-state index contributed by atoms with van der Waals surface area (Å²) in [4.78, 5) is 38.9. The maximum Gasteiger partial charge on any atom is 0.389 e. The van der Waals surface area contributed by atoms with E-state index in [1.165, 1.54) is 23.1 Å². The molecule has 4 rings (SSSR count). The van der Waals surface area contributed by atoms with E-state index < -0.39 is 67.1 Å². The Bertz CT molecular complexity index is 1480. The molecule has 232 valence electrons. The van der Waals surface area contributed by atoms with E-state index in [1.54, 1.807) is 19.1 Å². The van der Waals surface area contributed by atoms with Crippen LogP contribution in [0.5, 0.6) is 0 Å². The summed E-state index contributed by atoms with van der Waals surface area (Å²) in [5, 5.41) is 14.1. The number of rotatable bonds is 8. The fourth-order valence-electron chi connectivity index (χ4n) is 4.59. The van der Waals surface area contributed by atoms with E-state index >= 15 is 0 Å². The Kier molecular flexibility index (Phi) is 11.4. The Morgan fingerprint density at radius 1 is 1.09 bits per heavy atom. The zero-order valence-corrected chi connectivity index (χ0v) is 23.6. The van der Waals surface area contributed by atoms with Crippen LogP contribution in [0.15, 0.2) is 72.8 Å². The molecule has 1 aliphatic rings. The minimum absolute atomic E-state index is 0.160.